The summed E-state index contributed by atoms with van der Waals surface area (Å²) in [5.74, 6) is 0.288. The number of hydrogen-bond donors (Lipinski definition) is 0. The number of rotatable bonds is 44. The number of carbonyl (C=O) groups excluding carboxylic acids is 2. The first-order valence-corrected chi connectivity index (χ1v) is 24.5. The second-order valence-electron chi connectivity index (χ2n) is 16.8. The zero-order valence-corrected chi connectivity index (χ0v) is 37.5. The van der Waals surface area contributed by atoms with Crippen LogP contribution in [0, 0.1) is 23.2 Å². The molecule has 0 N–H and O–H groups in total. The van der Waals surface area contributed by atoms with Crippen molar-refractivity contribution < 1.29 is 19.1 Å². The van der Waals surface area contributed by atoms with Gasteiger partial charge in [0.2, 0.25) is 0 Å². The van der Waals surface area contributed by atoms with Crippen molar-refractivity contribution in [2.24, 2.45) is 11.8 Å². The Hall–Kier alpha value is -1.61. The molecule has 0 aliphatic rings. The van der Waals surface area contributed by atoms with E-state index in [2.05, 4.69) is 38.7 Å². The van der Waals surface area contributed by atoms with Gasteiger partial charge in [-0.1, -0.05) is 195 Å². The topological polar surface area (TPSA) is 79.6 Å². The summed E-state index contributed by atoms with van der Waals surface area (Å²) in [6.07, 6.45) is 40.7. The predicted molar refractivity (Wildman–Crippen MR) is 235 cm³/mol. The highest BCUT2D eigenvalue weighted by Gasteiger charge is 2.20. The molecule has 0 aromatic carbocycles. The van der Waals surface area contributed by atoms with Gasteiger partial charge in [-0.15, -0.1) is 0 Å². The smallest absolute Gasteiger partial charge is 0.308 e. The minimum atomic E-state index is 0.0480. The van der Waals surface area contributed by atoms with Crippen molar-refractivity contribution in [1.82, 2.24) is 4.90 Å². The summed E-state index contributed by atoms with van der Waals surface area (Å²) >= 11 is 0. The monoisotopic (exact) mass is 775 g/mol. The van der Waals surface area contributed by atoms with Gasteiger partial charge in [-0.3, -0.25) is 9.59 Å². The standard InChI is InChI=1S/C49H94N2O4/c1-5-9-13-17-21-29-38-46(36-27-15-11-7-3)48(52)54-44-33-25-20-19-23-31-41-51(43-35-40-50)42-32-24-26-34-45-55-49(53)47(37-28-16-12-8-4)39-30-22-18-14-10-6-2/h46-47H,5-39,41-45H2,1-4H3. The summed E-state index contributed by atoms with van der Waals surface area (Å²) in [5.41, 5.74) is 0. The Balaban J connectivity index is 4.20. The van der Waals surface area contributed by atoms with Crippen molar-refractivity contribution in [1.29, 1.82) is 5.26 Å². The number of nitrogens with zero attached hydrogens (tertiary/aromatic N) is 2. The molecular weight excluding hydrogens is 681 g/mol. The molecule has 0 aromatic heterocycles. The highest BCUT2D eigenvalue weighted by molar-refractivity contribution is 5.72. The molecule has 55 heavy (non-hydrogen) atoms. The third-order valence-electron chi connectivity index (χ3n) is 11.6. The average molecular weight is 775 g/mol. The van der Waals surface area contributed by atoms with E-state index in [9.17, 15) is 14.9 Å². The van der Waals surface area contributed by atoms with Gasteiger partial charge in [-0.05, 0) is 64.5 Å². The van der Waals surface area contributed by atoms with Gasteiger partial charge in [0.25, 0.3) is 0 Å². The van der Waals surface area contributed by atoms with E-state index in [4.69, 9.17) is 9.47 Å². The Labute approximate surface area is 343 Å². The Bertz CT molecular complexity index is 858. The predicted octanol–water partition coefficient (Wildman–Crippen LogP) is 14.9. The lowest BCUT2D eigenvalue weighted by Crippen LogP contribution is -2.27. The van der Waals surface area contributed by atoms with Crippen molar-refractivity contribution in [3.05, 3.63) is 0 Å². The fourth-order valence-corrected chi connectivity index (χ4v) is 7.80. The quantitative estimate of drug-likeness (QED) is 0.0453. The lowest BCUT2D eigenvalue weighted by atomic mass is 9.94. The molecule has 0 heterocycles. The van der Waals surface area contributed by atoms with Crippen LogP contribution in [0.2, 0.25) is 0 Å². The summed E-state index contributed by atoms with van der Waals surface area (Å²) in [6.45, 7) is 13.1. The zero-order chi connectivity index (χ0) is 40.3. The van der Waals surface area contributed by atoms with Gasteiger partial charge in [-0.2, -0.15) is 5.26 Å². The molecule has 324 valence electrons. The first-order valence-electron chi connectivity index (χ1n) is 24.5. The van der Waals surface area contributed by atoms with Crippen molar-refractivity contribution in [2.45, 2.75) is 252 Å². The van der Waals surface area contributed by atoms with Crippen LogP contribution in [0.1, 0.15) is 252 Å². The van der Waals surface area contributed by atoms with Crippen LogP contribution in [0.4, 0.5) is 0 Å². The number of esters is 2. The number of carbonyl (C=O) groups is 2. The Morgan fingerprint density at radius 1 is 0.418 bits per heavy atom. The van der Waals surface area contributed by atoms with E-state index in [1.165, 1.54) is 128 Å². The van der Waals surface area contributed by atoms with E-state index in [0.717, 1.165) is 110 Å². The SMILES string of the molecule is CCCCCCCCC(CCCCCC)C(=O)OCCCCCCCCN(CCC#N)CCCCCCOC(=O)C(CCCCCC)CCCCCCCC. The van der Waals surface area contributed by atoms with Crippen molar-refractivity contribution in [2.75, 3.05) is 32.8 Å². The molecule has 2 atom stereocenters. The molecular formula is C49H94N2O4. The van der Waals surface area contributed by atoms with Gasteiger partial charge in [-0.25, -0.2) is 0 Å². The molecule has 6 nitrogen and oxygen atoms in total. The number of hydrogen-bond acceptors (Lipinski definition) is 6. The molecule has 0 aromatic rings. The number of nitriles is 1. The van der Waals surface area contributed by atoms with Crippen molar-refractivity contribution in [3.8, 4) is 6.07 Å². The van der Waals surface area contributed by atoms with Crippen LogP contribution in [0.5, 0.6) is 0 Å². The average Bonchev–Trinajstić information content (AvgIpc) is 3.19. The third kappa shape index (κ3) is 36.5. The molecule has 0 amide bonds. The van der Waals surface area contributed by atoms with Gasteiger partial charge in [0.05, 0.1) is 31.1 Å². The number of unbranched alkanes of at least 4 members (excludes halogenated alkanes) is 24. The maximum Gasteiger partial charge on any atom is 0.308 e. The molecule has 0 saturated carbocycles. The zero-order valence-electron chi connectivity index (χ0n) is 37.5. The molecule has 0 saturated heterocycles. The second-order valence-corrected chi connectivity index (χ2v) is 16.8. The van der Waals surface area contributed by atoms with E-state index in [1.54, 1.807) is 0 Å². The van der Waals surface area contributed by atoms with Gasteiger partial charge >= 0.3 is 11.9 Å². The molecule has 0 fully saturated rings. The van der Waals surface area contributed by atoms with Gasteiger partial charge in [0, 0.05) is 13.0 Å². The summed E-state index contributed by atoms with van der Waals surface area (Å²) in [6, 6.07) is 2.33. The molecule has 0 rings (SSSR count). The Morgan fingerprint density at radius 3 is 1.05 bits per heavy atom. The molecule has 6 heteroatoms. The van der Waals surface area contributed by atoms with Crippen LogP contribution in [0.15, 0.2) is 0 Å². The van der Waals surface area contributed by atoms with E-state index in [1.807, 2.05) is 0 Å². The van der Waals surface area contributed by atoms with E-state index in [0.29, 0.717) is 19.6 Å². The van der Waals surface area contributed by atoms with Crippen molar-refractivity contribution >= 4 is 11.9 Å². The van der Waals surface area contributed by atoms with E-state index < -0.39 is 0 Å². The van der Waals surface area contributed by atoms with Crippen LogP contribution >= 0.6 is 0 Å². The molecule has 0 radical (unpaired) electrons. The summed E-state index contributed by atoms with van der Waals surface area (Å²) in [5, 5.41) is 9.19. The van der Waals surface area contributed by atoms with Crippen LogP contribution in [-0.4, -0.2) is 49.7 Å². The van der Waals surface area contributed by atoms with Gasteiger partial charge in [0.15, 0.2) is 0 Å². The van der Waals surface area contributed by atoms with Crippen LogP contribution in [-0.2, 0) is 19.1 Å². The molecule has 0 aliphatic heterocycles. The highest BCUT2D eigenvalue weighted by atomic mass is 16.5. The normalized spacial score (nSPS) is 12.5. The third-order valence-corrected chi connectivity index (χ3v) is 11.6. The number of ether oxygens (including phenoxy) is 2. The van der Waals surface area contributed by atoms with E-state index in [-0.39, 0.29) is 23.8 Å². The van der Waals surface area contributed by atoms with Gasteiger partial charge < -0.3 is 14.4 Å². The highest BCUT2D eigenvalue weighted by Crippen LogP contribution is 2.22. The van der Waals surface area contributed by atoms with Crippen molar-refractivity contribution in [3.63, 3.8) is 0 Å². The molecule has 2 unspecified atom stereocenters. The molecule has 0 bridgehead atoms. The van der Waals surface area contributed by atoms with E-state index >= 15 is 0 Å². The second kappa shape index (κ2) is 43.5. The first kappa shape index (κ1) is 53.4. The van der Waals surface area contributed by atoms with Crippen LogP contribution in [0.25, 0.3) is 0 Å². The van der Waals surface area contributed by atoms with Gasteiger partial charge in [0.1, 0.15) is 0 Å². The molecule has 0 spiro atoms. The van der Waals surface area contributed by atoms with Crippen LogP contribution < -0.4 is 0 Å². The largest absolute Gasteiger partial charge is 0.465 e. The summed E-state index contributed by atoms with van der Waals surface area (Å²) in [7, 11) is 0. The maximum absolute atomic E-state index is 12.9. The fourth-order valence-electron chi connectivity index (χ4n) is 7.80. The maximum atomic E-state index is 12.9. The minimum absolute atomic E-state index is 0.0480. The Kier molecular flexibility index (Phi) is 42.2. The lowest BCUT2D eigenvalue weighted by Gasteiger charge is -2.21. The Morgan fingerprint density at radius 2 is 0.709 bits per heavy atom. The molecule has 0 aliphatic carbocycles. The minimum Gasteiger partial charge on any atom is -0.465 e. The summed E-state index contributed by atoms with van der Waals surface area (Å²) in [4.78, 5) is 28.3. The first-order chi connectivity index (χ1) is 27.0. The van der Waals surface area contributed by atoms with Crippen LogP contribution in [0.3, 0.4) is 0 Å². The lowest BCUT2D eigenvalue weighted by molar-refractivity contribution is -0.150. The fraction of sp³-hybridized carbons (Fsp3) is 0.939. The summed E-state index contributed by atoms with van der Waals surface area (Å²) < 4.78 is 11.6.